The molecule has 0 saturated carbocycles. The second kappa shape index (κ2) is 6.57. The van der Waals surface area contributed by atoms with Crippen LogP contribution in [0.5, 0.6) is 11.5 Å². The molecule has 0 spiro atoms. The van der Waals surface area contributed by atoms with E-state index in [0.29, 0.717) is 16.1 Å². The molecule has 0 atom stereocenters. The van der Waals surface area contributed by atoms with Crippen LogP contribution in [0.4, 0.5) is 4.39 Å². The lowest BCUT2D eigenvalue weighted by Crippen LogP contribution is -2.28. The number of ether oxygens (including phenoxy) is 2. The van der Waals surface area contributed by atoms with Crippen molar-refractivity contribution in [1.29, 1.82) is 0 Å². The lowest BCUT2D eigenvalue weighted by Gasteiger charge is -2.24. The normalized spacial score (nSPS) is 16.4. The van der Waals surface area contributed by atoms with Crippen LogP contribution in [0, 0.1) is 11.7 Å². The Morgan fingerprint density at radius 3 is 2.47 bits per heavy atom. The first kappa shape index (κ1) is 14.6. The number of halogens is 2. The maximum absolute atomic E-state index is 13.9. The maximum Gasteiger partial charge on any atom is 0.198 e. The van der Waals surface area contributed by atoms with Gasteiger partial charge in [-0.25, -0.2) is 4.39 Å². The van der Waals surface area contributed by atoms with Gasteiger partial charge >= 0.3 is 0 Å². The van der Waals surface area contributed by atoms with Crippen LogP contribution in [-0.4, -0.2) is 27.3 Å². The highest BCUT2D eigenvalue weighted by atomic mass is 79.9. The minimum Gasteiger partial charge on any atom is -0.492 e. The van der Waals surface area contributed by atoms with Crippen molar-refractivity contribution in [3.05, 3.63) is 21.9 Å². The fourth-order valence-electron chi connectivity index (χ4n) is 2.59. The van der Waals surface area contributed by atoms with E-state index in [1.54, 1.807) is 13.2 Å². The molecule has 3 nitrogen and oxygen atoms in total. The number of benzene rings is 1. The molecule has 0 bridgehead atoms. The van der Waals surface area contributed by atoms with Crippen LogP contribution in [0.25, 0.3) is 0 Å². The standard InChI is InChI=1S/C14H19BrFNO2/c1-18-13-10(7-9-3-5-17-6-4-9)8-11(15)12(16)14(13)19-2/h8-9,17H,3-7H2,1-2H3. The first-order valence-electron chi connectivity index (χ1n) is 6.47. The van der Waals surface area contributed by atoms with E-state index in [1.807, 2.05) is 0 Å². The molecule has 1 aromatic rings. The molecule has 1 fully saturated rings. The number of hydrogen-bond donors (Lipinski definition) is 1. The number of hydrogen-bond acceptors (Lipinski definition) is 3. The summed E-state index contributed by atoms with van der Waals surface area (Å²) in [6, 6.07) is 1.80. The third kappa shape index (κ3) is 3.20. The first-order valence-corrected chi connectivity index (χ1v) is 7.26. The van der Waals surface area contributed by atoms with Crippen molar-refractivity contribution < 1.29 is 13.9 Å². The van der Waals surface area contributed by atoms with Crippen molar-refractivity contribution in [2.75, 3.05) is 27.3 Å². The van der Waals surface area contributed by atoms with Crippen molar-refractivity contribution in [3.8, 4) is 11.5 Å². The quantitative estimate of drug-likeness (QED) is 0.919. The summed E-state index contributed by atoms with van der Waals surface area (Å²) >= 11 is 3.24. The maximum atomic E-state index is 13.9. The molecule has 1 N–H and O–H groups in total. The van der Waals surface area contributed by atoms with Gasteiger partial charge in [0.1, 0.15) is 0 Å². The average molecular weight is 332 g/mol. The highest BCUT2D eigenvalue weighted by Crippen LogP contribution is 2.39. The van der Waals surface area contributed by atoms with Crippen LogP contribution < -0.4 is 14.8 Å². The van der Waals surface area contributed by atoms with Crippen LogP contribution in [0.1, 0.15) is 18.4 Å². The Labute approximate surface area is 121 Å². The van der Waals surface area contributed by atoms with Gasteiger partial charge in [-0.1, -0.05) is 0 Å². The topological polar surface area (TPSA) is 30.5 Å². The van der Waals surface area contributed by atoms with E-state index in [2.05, 4.69) is 21.2 Å². The largest absolute Gasteiger partial charge is 0.492 e. The number of piperidine rings is 1. The van der Waals surface area contributed by atoms with Crippen molar-refractivity contribution in [3.63, 3.8) is 0 Å². The summed E-state index contributed by atoms with van der Waals surface area (Å²) in [4.78, 5) is 0. The Morgan fingerprint density at radius 1 is 1.26 bits per heavy atom. The predicted octanol–water partition coefficient (Wildman–Crippen LogP) is 3.15. The van der Waals surface area contributed by atoms with E-state index >= 15 is 0 Å². The van der Waals surface area contributed by atoms with Gasteiger partial charge in [0.15, 0.2) is 17.3 Å². The lowest BCUT2D eigenvalue weighted by molar-refractivity contribution is 0.325. The number of methoxy groups -OCH3 is 2. The summed E-state index contributed by atoms with van der Waals surface area (Å²) in [7, 11) is 3.01. The van der Waals surface area contributed by atoms with Crippen molar-refractivity contribution in [1.82, 2.24) is 5.32 Å². The van der Waals surface area contributed by atoms with Crippen molar-refractivity contribution in [2.45, 2.75) is 19.3 Å². The zero-order valence-corrected chi connectivity index (χ0v) is 12.8. The summed E-state index contributed by atoms with van der Waals surface area (Å²) < 4.78 is 24.8. The smallest absolute Gasteiger partial charge is 0.198 e. The molecule has 2 rings (SSSR count). The molecule has 0 aliphatic carbocycles. The fourth-order valence-corrected chi connectivity index (χ4v) is 3.05. The highest BCUT2D eigenvalue weighted by molar-refractivity contribution is 9.10. The monoisotopic (exact) mass is 331 g/mol. The Kier molecular flexibility index (Phi) is 5.05. The van der Waals surface area contributed by atoms with E-state index in [0.717, 1.165) is 37.9 Å². The van der Waals surface area contributed by atoms with Gasteiger partial charge in [-0.3, -0.25) is 0 Å². The fraction of sp³-hybridized carbons (Fsp3) is 0.571. The lowest BCUT2D eigenvalue weighted by atomic mass is 9.90. The predicted molar refractivity (Wildman–Crippen MR) is 76.5 cm³/mol. The molecule has 1 heterocycles. The summed E-state index contributed by atoms with van der Waals surface area (Å²) in [5, 5.41) is 3.35. The van der Waals surface area contributed by atoms with Crippen LogP contribution in [0.15, 0.2) is 10.5 Å². The second-order valence-corrected chi connectivity index (χ2v) is 5.65. The molecular weight excluding hydrogens is 313 g/mol. The summed E-state index contributed by atoms with van der Waals surface area (Å²) in [6.07, 6.45) is 3.17. The third-order valence-corrected chi connectivity index (χ3v) is 4.16. The second-order valence-electron chi connectivity index (χ2n) is 4.80. The summed E-state index contributed by atoms with van der Waals surface area (Å²) in [5.74, 6) is 0.896. The van der Waals surface area contributed by atoms with Gasteiger partial charge < -0.3 is 14.8 Å². The van der Waals surface area contributed by atoms with E-state index in [1.165, 1.54) is 7.11 Å². The van der Waals surface area contributed by atoms with Crippen LogP contribution in [0.2, 0.25) is 0 Å². The molecule has 0 amide bonds. The molecule has 0 radical (unpaired) electrons. The van der Waals surface area contributed by atoms with Gasteiger partial charge in [0.25, 0.3) is 0 Å². The van der Waals surface area contributed by atoms with E-state index in [4.69, 9.17) is 9.47 Å². The highest BCUT2D eigenvalue weighted by Gasteiger charge is 2.22. The van der Waals surface area contributed by atoms with Gasteiger partial charge in [0.2, 0.25) is 0 Å². The molecule has 1 aromatic carbocycles. The SMILES string of the molecule is COc1c(CC2CCNCC2)cc(Br)c(F)c1OC. The molecule has 0 unspecified atom stereocenters. The van der Waals surface area contributed by atoms with Gasteiger partial charge in [0, 0.05) is 0 Å². The van der Waals surface area contributed by atoms with E-state index < -0.39 is 5.82 Å². The van der Waals surface area contributed by atoms with Crippen LogP contribution >= 0.6 is 15.9 Å². The average Bonchev–Trinajstić information content (AvgIpc) is 2.43. The third-order valence-electron chi connectivity index (χ3n) is 3.58. The molecule has 1 saturated heterocycles. The van der Waals surface area contributed by atoms with Gasteiger partial charge in [0.05, 0.1) is 18.7 Å². The van der Waals surface area contributed by atoms with E-state index in [-0.39, 0.29) is 5.75 Å². The molecular formula is C14H19BrFNO2. The number of nitrogens with one attached hydrogen (secondary N) is 1. The van der Waals surface area contributed by atoms with Gasteiger partial charge in [-0.15, -0.1) is 0 Å². The first-order chi connectivity index (χ1) is 9.17. The molecule has 5 heteroatoms. The molecule has 1 aliphatic heterocycles. The Morgan fingerprint density at radius 2 is 1.89 bits per heavy atom. The zero-order valence-electron chi connectivity index (χ0n) is 11.3. The van der Waals surface area contributed by atoms with E-state index in [9.17, 15) is 4.39 Å². The molecule has 0 aromatic heterocycles. The molecule has 106 valence electrons. The van der Waals surface area contributed by atoms with Crippen LogP contribution in [-0.2, 0) is 6.42 Å². The van der Waals surface area contributed by atoms with Gasteiger partial charge in [-0.2, -0.15) is 0 Å². The summed E-state index contributed by atoms with van der Waals surface area (Å²) in [6.45, 7) is 2.10. The van der Waals surface area contributed by atoms with Crippen LogP contribution in [0.3, 0.4) is 0 Å². The van der Waals surface area contributed by atoms with Crippen molar-refractivity contribution >= 4 is 15.9 Å². The summed E-state index contributed by atoms with van der Waals surface area (Å²) in [5.41, 5.74) is 1.000. The Hall–Kier alpha value is -0.810. The Balaban J connectivity index is 2.30. The minimum absolute atomic E-state index is 0.181. The molecule has 19 heavy (non-hydrogen) atoms. The zero-order chi connectivity index (χ0) is 13.8. The van der Waals surface area contributed by atoms with Crippen molar-refractivity contribution in [2.24, 2.45) is 5.92 Å². The van der Waals surface area contributed by atoms with Gasteiger partial charge in [-0.05, 0) is 65.8 Å². The Bertz CT molecular complexity index is 448. The number of rotatable bonds is 4. The molecule has 1 aliphatic rings. The minimum atomic E-state index is -0.409.